The fourth-order valence-electron chi connectivity index (χ4n) is 3.73. The summed E-state index contributed by atoms with van der Waals surface area (Å²) in [4.78, 5) is 26.6. The molecule has 0 aromatic rings. The summed E-state index contributed by atoms with van der Waals surface area (Å²) >= 11 is 0. The van der Waals surface area contributed by atoms with Crippen molar-refractivity contribution in [2.24, 2.45) is 11.8 Å². The number of likely N-dealkylation sites (tertiary alicyclic amines) is 1. The predicted molar refractivity (Wildman–Crippen MR) is 88.8 cm³/mol. The summed E-state index contributed by atoms with van der Waals surface area (Å²) in [5.74, 6) is 0.925. The number of carbonyl (C=O) groups is 2. The Morgan fingerprint density at radius 2 is 1.91 bits per heavy atom. The van der Waals surface area contributed by atoms with E-state index in [9.17, 15) is 9.59 Å². The molecule has 0 radical (unpaired) electrons. The summed E-state index contributed by atoms with van der Waals surface area (Å²) in [6, 6.07) is -0.518. The lowest BCUT2D eigenvalue weighted by molar-refractivity contribution is -0.139. The molecule has 3 unspecified atom stereocenters. The molecule has 3 atom stereocenters. The van der Waals surface area contributed by atoms with Crippen molar-refractivity contribution < 1.29 is 14.3 Å². The second-order valence-corrected chi connectivity index (χ2v) is 6.81. The van der Waals surface area contributed by atoms with Crippen LogP contribution in [0.5, 0.6) is 0 Å². The van der Waals surface area contributed by atoms with Crippen LogP contribution in [-0.2, 0) is 9.53 Å². The Hall–Kier alpha value is -1.56. The third kappa shape index (κ3) is 4.47. The number of hydrogen-bond acceptors (Lipinski definition) is 4. The van der Waals surface area contributed by atoms with Gasteiger partial charge in [0.1, 0.15) is 0 Å². The molecule has 0 aliphatic carbocycles. The molecule has 2 amide bonds. The summed E-state index contributed by atoms with van der Waals surface area (Å²) in [5.41, 5.74) is 1.26. The molecular weight excluding hydrogens is 294 g/mol. The predicted octanol–water partition coefficient (Wildman–Crippen LogP) is 1.87. The van der Waals surface area contributed by atoms with Crippen molar-refractivity contribution in [1.29, 1.82) is 0 Å². The highest BCUT2D eigenvalue weighted by Crippen LogP contribution is 2.23. The van der Waals surface area contributed by atoms with E-state index in [0.717, 1.165) is 13.1 Å². The van der Waals surface area contributed by atoms with E-state index >= 15 is 0 Å². The third-order valence-electron chi connectivity index (χ3n) is 4.47. The van der Waals surface area contributed by atoms with Gasteiger partial charge < -0.3 is 15.4 Å². The zero-order chi connectivity index (χ0) is 17.0. The van der Waals surface area contributed by atoms with Crippen LogP contribution in [0.4, 0.5) is 4.79 Å². The number of amides is 2. The van der Waals surface area contributed by atoms with Gasteiger partial charge in [0.25, 0.3) is 0 Å². The minimum atomic E-state index is -0.333. The van der Waals surface area contributed by atoms with Gasteiger partial charge in [-0.3, -0.25) is 4.90 Å². The van der Waals surface area contributed by atoms with Crippen LogP contribution in [0.3, 0.4) is 0 Å². The van der Waals surface area contributed by atoms with Crippen molar-refractivity contribution in [3.05, 3.63) is 11.3 Å². The average molecular weight is 323 g/mol. The topological polar surface area (TPSA) is 70.7 Å². The zero-order valence-corrected chi connectivity index (χ0v) is 14.6. The minimum Gasteiger partial charge on any atom is -0.463 e. The smallest absolute Gasteiger partial charge is 0.337 e. The van der Waals surface area contributed by atoms with Gasteiger partial charge in [0.15, 0.2) is 0 Å². The number of carbonyl (C=O) groups excluding carboxylic acids is 2. The Morgan fingerprint density at radius 1 is 1.26 bits per heavy atom. The Kier molecular flexibility index (Phi) is 6.04. The van der Waals surface area contributed by atoms with Crippen molar-refractivity contribution in [1.82, 2.24) is 15.5 Å². The van der Waals surface area contributed by atoms with Gasteiger partial charge in [0, 0.05) is 25.3 Å². The van der Waals surface area contributed by atoms with Crippen LogP contribution in [0.25, 0.3) is 0 Å². The zero-order valence-electron chi connectivity index (χ0n) is 14.6. The maximum atomic E-state index is 12.4. The molecule has 2 aliphatic rings. The molecular formula is C17H29N3O3. The highest BCUT2D eigenvalue weighted by Gasteiger charge is 2.33. The monoisotopic (exact) mass is 323 g/mol. The van der Waals surface area contributed by atoms with Crippen LogP contribution in [0.1, 0.15) is 40.5 Å². The molecule has 6 heteroatoms. The fraction of sp³-hybridized carbons (Fsp3) is 0.765. The van der Waals surface area contributed by atoms with Crippen LogP contribution in [0.15, 0.2) is 11.3 Å². The normalized spacial score (nSPS) is 29.0. The summed E-state index contributed by atoms with van der Waals surface area (Å²) in [5, 5.41) is 5.65. The van der Waals surface area contributed by atoms with Gasteiger partial charge in [-0.25, -0.2) is 9.59 Å². The highest BCUT2D eigenvalue weighted by atomic mass is 16.5. The lowest BCUT2D eigenvalue weighted by Crippen LogP contribution is -2.53. The molecule has 2 rings (SSSR count). The van der Waals surface area contributed by atoms with E-state index < -0.39 is 0 Å². The number of rotatable bonds is 5. The lowest BCUT2D eigenvalue weighted by Gasteiger charge is -2.37. The second kappa shape index (κ2) is 7.81. The van der Waals surface area contributed by atoms with E-state index in [2.05, 4.69) is 29.4 Å². The van der Waals surface area contributed by atoms with Gasteiger partial charge in [0.2, 0.25) is 0 Å². The molecule has 0 aromatic carbocycles. The largest absolute Gasteiger partial charge is 0.463 e. The van der Waals surface area contributed by atoms with Gasteiger partial charge in [-0.15, -0.1) is 0 Å². The van der Waals surface area contributed by atoms with Crippen LogP contribution in [-0.4, -0.2) is 49.2 Å². The summed E-state index contributed by atoms with van der Waals surface area (Å²) in [6.07, 6.45) is 1.89. The first kappa shape index (κ1) is 17.8. The van der Waals surface area contributed by atoms with Crippen LogP contribution in [0.2, 0.25) is 0 Å². The van der Waals surface area contributed by atoms with Crippen LogP contribution >= 0.6 is 0 Å². The van der Waals surface area contributed by atoms with Gasteiger partial charge >= 0.3 is 12.0 Å². The Bertz CT molecular complexity index is 479. The fourth-order valence-corrected chi connectivity index (χ4v) is 3.73. The molecule has 0 spiro atoms. The van der Waals surface area contributed by atoms with E-state index in [0.29, 0.717) is 42.7 Å². The van der Waals surface area contributed by atoms with Crippen molar-refractivity contribution in [2.45, 2.75) is 46.6 Å². The second-order valence-electron chi connectivity index (χ2n) is 6.81. The van der Waals surface area contributed by atoms with Crippen molar-refractivity contribution in [3.8, 4) is 0 Å². The van der Waals surface area contributed by atoms with Crippen molar-refractivity contribution >= 4 is 12.0 Å². The quantitative estimate of drug-likeness (QED) is 0.758. The standard InChI is InChI=1S/C17H29N3O3/c1-5-13-15(16(21)23-6-2)14(19-17(22)18-13)10-20-8-11(3)7-12(4)9-20/h11-13H,5-10H2,1-4H3,(H2,18,19,22). The third-order valence-corrected chi connectivity index (χ3v) is 4.47. The number of ether oxygens (including phenoxy) is 1. The van der Waals surface area contributed by atoms with E-state index in [1.807, 2.05) is 6.92 Å². The molecule has 0 saturated carbocycles. The number of nitrogens with one attached hydrogen (secondary N) is 2. The van der Waals surface area contributed by atoms with Gasteiger partial charge in [-0.05, 0) is 31.6 Å². The number of nitrogens with zero attached hydrogens (tertiary/aromatic N) is 1. The molecule has 2 aliphatic heterocycles. The molecule has 2 N–H and O–H groups in total. The molecule has 23 heavy (non-hydrogen) atoms. The Balaban J connectivity index is 2.24. The number of esters is 1. The average Bonchev–Trinajstić information content (AvgIpc) is 2.45. The molecule has 1 saturated heterocycles. The molecule has 130 valence electrons. The first-order valence-electron chi connectivity index (χ1n) is 8.64. The van der Waals surface area contributed by atoms with Crippen molar-refractivity contribution in [2.75, 3.05) is 26.2 Å². The molecule has 1 fully saturated rings. The molecule has 0 bridgehead atoms. The Morgan fingerprint density at radius 3 is 2.48 bits per heavy atom. The van der Waals surface area contributed by atoms with Crippen molar-refractivity contribution in [3.63, 3.8) is 0 Å². The number of piperidine rings is 1. The van der Waals surface area contributed by atoms with E-state index in [-0.39, 0.29) is 18.0 Å². The van der Waals surface area contributed by atoms with E-state index in [1.54, 1.807) is 6.92 Å². The number of urea groups is 1. The maximum absolute atomic E-state index is 12.4. The molecule has 2 heterocycles. The van der Waals surface area contributed by atoms with Crippen LogP contribution in [0, 0.1) is 11.8 Å². The van der Waals surface area contributed by atoms with Crippen LogP contribution < -0.4 is 10.6 Å². The molecule has 6 nitrogen and oxygen atoms in total. The first-order chi connectivity index (χ1) is 10.9. The van der Waals surface area contributed by atoms with E-state index in [4.69, 9.17) is 4.74 Å². The van der Waals surface area contributed by atoms with Gasteiger partial charge in [0.05, 0.1) is 18.2 Å². The summed E-state index contributed by atoms with van der Waals surface area (Å²) < 4.78 is 5.20. The highest BCUT2D eigenvalue weighted by molar-refractivity contribution is 5.94. The summed E-state index contributed by atoms with van der Waals surface area (Å²) in [7, 11) is 0. The first-order valence-corrected chi connectivity index (χ1v) is 8.64. The van der Waals surface area contributed by atoms with E-state index in [1.165, 1.54) is 6.42 Å². The SMILES string of the molecule is CCOC(=O)C1=C(CN2CC(C)CC(C)C2)NC(=O)NC1CC. The van der Waals surface area contributed by atoms with Gasteiger partial charge in [-0.1, -0.05) is 20.8 Å². The minimum absolute atomic E-state index is 0.238. The molecule has 0 aromatic heterocycles. The maximum Gasteiger partial charge on any atom is 0.337 e. The lowest BCUT2D eigenvalue weighted by atomic mass is 9.91. The summed E-state index contributed by atoms with van der Waals surface area (Å²) in [6.45, 7) is 11.1. The number of hydrogen-bond donors (Lipinski definition) is 2. The van der Waals surface area contributed by atoms with Gasteiger partial charge in [-0.2, -0.15) is 0 Å². The Labute approximate surface area is 138 Å².